The molecule has 2 bridgehead atoms. The lowest BCUT2D eigenvalue weighted by molar-refractivity contribution is -0.597. The minimum atomic E-state index is -4.91. The van der Waals surface area contributed by atoms with Crippen molar-refractivity contribution in [3.8, 4) is 0 Å². The maximum Gasteiger partial charge on any atom is 0.443 e. The molecule has 3 unspecified atom stereocenters. The first-order valence-electron chi connectivity index (χ1n) is 8.55. The monoisotopic (exact) mass is 352 g/mol. The molecule has 0 amide bonds. The number of halogens is 3. The summed E-state index contributed by atoms with van der Waals surface area (Å²) in [5.41, 5.74) is -1.11. The largest absolute Gasteiger partial charge is 0.443 e. The molecule has 0 aromatic heterocycles. The van der Waals surface area contributed by atoms with E-state index in [0.717, 1.165) is 12.8 Å². The summed E-state index contributed by atoms with van der Waals surface area (Å²) in [5, 5.41) is 10.4. The average Bonchev–Trinajstić information content (AvgIpc) is 2.70. The fourth-order valence-corrected chi connectivity index (χ4v) is 5.25. The normalized spacial score (nSPS) is 57.4. The minimum Gasteiger partial charge on any atom is -0.358 e. The molecule has 0 radical (unpaired) electrons. The number of hydrogen-bond donors (Lipinski definition) is 1. The van der Waals surface area contributed by atoms with Gasteiger partial charge in [0.15, 0.2) is 11.9 Å². The number of ether oxygens (including phenoxy) is 2. The summed E-state index contributed by atoms with van der Waals surface area (Å²) in [4.78, 5) is 11.3. The topological polar surface area (TPSA) is 57.2 Å². The molecule has 4 aliphatic heterocycles. The van der Waals surface area contributed by atoms with Gasteiger partial charge in [0, 0.05) is 18.3 Å². The quantitative estimate of drug-likeness (QED) is 0.679. The third-order valence-electron chi connectivity index (χ3n) is 6.69. The Hall–Kier alpha value is -0.410. The van der Waals surface area contributed by atoms with Crippen LogP contribution < -0.4 is 0 Å². The van der Waals surface area contributed by atoms with Crippen LogP contribution in [0.25, 0.3) is 0 Å². The Balaban J connectivity index is 1.84. The highest BCUT2D eigenvalue weighted by Crippen LogP contribution is 2.63. The zero-order chi connectivity index (χ0) is 17.5. The zero-order valence-electron chi connectivity index (χ0n) is 13.9. The number of rotatable bonds is 0. The van der Waals surface area contributed by atoms with Crippen LogP contribution in [0, 0.1) is 23.7 Å². The fraction of sp³-hybridized carbons (Fsp3) is 1.00. The first kappa shape index (κ1) is 17.0. The van der Waals surface area contributed by atoms with Gasteiger partial charge in [0.1, 0.15) is 0 Å². The highest BCUT2D eigenvalue weighted by atomic mass is 19.4. The second-order valence-electron chi connectivity index (χ2n) is 8.01. The molecule has 0 aromatic rings. The second kappa shape index (κ2) is 4.85. The third-order valence-corrected chi connectivity index (χ3v) is 6.69. The Bertz CT molecular complexity index is 542. The van der Waals surface area contributed by atoms with Crippen molar-refractivity contribution >= 4 is 0 Å². The molecule has 5 fully saturated rings. The van der Waals surface area contributed by atoms with Gasteiger partial charge in [-0.15, -0.1) is 0 Å². The van der Waals surface area contributed by atoms with E-state index in [0.29, 0.717) is 12.8 Å². The first-order chi connectivity index (χ1) is 11.0. The van der Waals surface area contributed by atoms with Gasteiger partial charge in [0.25, 0.3) is 5.79 Å². The smallest absolute Gasteiger partial charge is 0.358 e. The molecular formula is C16H23F3O5. The van der Waals surface area contributed by atoms with E-state index in [1.807, 2.05) is 0 Å². The molecule has 5 aliphatic rings. The molecule has 24 heavy (non-hydrogen) atoms. The Morgan fingerprint density at radius 1 is 1.00 bits per heavy atom. The Morgan fingerprint density at radius 2 is 1.71 bits per heavy atom. The van der Waals surface area contributed by atoms with Gasteiger partial charge in [-0.3, -0.25) is 0 Å². The number of alkyl halides is 3. The predicted octanol–water partition coefficient (Wildman–Crippen LogP) is 3.12. The van der Waals surface area contributed by atoms with Gasteiger partial charge < -0.3 is 14.6 Å². The molecule has 4 heterocycles. The average molecular weight is 352 g/mol. The Kier molecular flexibility index (Phi) is 3.44. The second-order valence-corrected chi connectivity index (χ2v) is 8.01. The lowest BCUT2D eigenvalue weighted by Gasteiger charge is -2.62. The van der Waals surface area contributed by atoms with Crippen molar-refractivity contribution in [3.05, 3.63) is 0 Å². The van der Waals surface area contributed by atoms with E-state index in [9.17, 15) is 18.3 Å². The number of fused-ring (bicyclic) bond motifs is 2. The van der Waals surface area contributed by atoms with Crippen LogP contribution in [-0.2, 0) is 19.2 Å². The van der Waals surface area contributed by atoms with Crippen LogP contribution in [0.1, 0.15) is 46.5 Å². The summed E-state index contributed by atoms with van der Waals surface area (Å²) in [5.74, 6) is -5.94. The van der Waals surface area contributed by atoms with Gasteiger partial charge in [-0.05, 0) is 38.0 Å². The maximum absolute atomic E-state index is 13.6. The number of hydrogen-bond acceptors (Lipinski definition) is 5. The number of aliphatic hydroxyl groups is 1. The molecule has 1 saturated carbocycles. The van der Waals surface area contributed by atoms with E-state index < -0.39 is 41.5 Å². The molecule has 1 spiro atoms. The molecule has 5 rings (SSSR count). The van der Waals surface area contributed by atoms with Gasteiger partial charge in [-0.25, -0.2) is 9.78 Å². The van der Waals surface area contributed by atoms with E-state index in [4.69, 9.17) is 19.2 Å². The summed E-state index contributed by atoms with van der Waals surface area (Å²) >= 11 is 0. The van der Waals surface area contributed by atoms with Crippen LogP contribution in [0.4, 0.5) is 13.2 Å². The third kappa shape index (κ3) is 1.95. The summed E-state index contributed by atoms with van der Waals surface area (Å²) in [6.07, 6.45) is -3.70. The van der Waals surface area contributed by atoms with Gasteiger partial charge in [0.2, 0.25) is 5.79 Å². The maximum atomic E-state index is 13.6. The van der Waals surface area contributed by atoms with Crippen LogP contribution in [0.2, 0.25) is 0 Å². The lowest BCUT2D eigenvalue weighted by atomic mass is 9.57. The standard InChI is InChI=1S/C16H23F3O5/c1-8-4-5-11-9(2)15(20,16(17,18)19)22-12-14(11)10(8)6-7-13(3,21-12)23-24-14/h8-12,20H,4-7H2,1-3H3/t8-,9-,10?,11?,12+,13+,14?,15-/m1/s1. The highest BCUT2D eigenvalue weighted by molar-refractivity contribution is 5.12. The van der Waals surface area contributed by atoms with Gasteiger partial charge in [-0.2, -0.15) is 13.2 Å². The molecule has 5 nitrogen and oxygen atoms in total. The first-order valence-corrected chi connectivity index (χ1v) is 8.55. The molecule has 8 atom stereocenters. The van der Waals surface area contributed by atoms with E-state index >= 15 is 0 Å². The van der Waals surface area contributed by atoms with Crippen molar-refractivity contribution in [2.45, 2.75) is 76.1 Å². The molecule has 1 aliphatic carbocycles. The van der Waals surface area contributed by atoms with Crippen molar-refractivity contribution in [2.75, 3.05) is 0 Å². The van der Waals surface area contributed by atoms with Gasteiger partial charge in [0.05, 0.1) is 0 Å². The lowest BCUT2D eigenvalue weighted by Crippen LogP contribution is -2.75. The predicted molar refractivity (Wildman–Crippen MR) is 74.0 cm³/mol. The van der Waals surface area contributed by atoms with Crippen molar-refractivity contribution in [2.24, 2.45) is 23.7 Å². The van der Waals surface area contributed by atoms with E-state index in [1.54, 1.807) is 6.92 Å². The summed E-state index contributed by atoms with van der Waals surface area (Å²) in [7, 11) is 0. The molecule has 8 heteroatoms. The SMILES string of the molecule is C[C@@H]1CCC2[C@@H](C)[C@](O)(C(F)(F)F)O[C@@H]3O[C@]4(C)CCC1C23OO4. The van der Waals surface area contributed by atoms with Crippen LogP contribution in [0.15, 0.2) is 0 Å². The van der Waals surface area contributed by atoms with Crippen LogP contribution in [0.3, 0.4) is 0 Å². The summed E-state index contributed by atoms with van der Waals surface area (Å²) in [6, 6.07) is 0. The molecule has 4 saturated heterocycles. The summed E-state index contributed by atoms with van der Waals surface area (Å²) in [6.45, 7) is 5.08. The van der Waals surface area contributed by atoms with Gasteiger partial charge >= 0.3 is 6.18 Å². The molecule has 138 valence electrons. The van der Waals surface area contributed by atoms with Crippen LogP contribution >= 0.6 is 0 Å². The Morgan fingerprint density at radius 3 is 2.38 bits per heavy atom. The van der Waals surface area contributed by atoms with E-state index in [-0.39, 0.29) is 11.8 Å². The van der Waals surface area contributed by atoms with E-state index in [1.165, 1.54) is 6.92 Å². The fourth-order valence-electron chi connectivity index (χ4n) is 5.25. The molecule has 0 aromatic carbocycles. The zero-order valence-corrected chi connectivity index (χ0v) is 13.9. The van der Waals surface area contributed by atoms with Crippen LogP contribution in [-0.4, -0.2) is 34.7 Å². The van der Waals surface area contributed by atoms with Crippen molar-refractivity contribution in [1.82, 2.24) is 0 Å². The highest BCUT2D eigenvalue weighted by Gasteiger charge is 2.76. The van der Waals surface area contributed by atoms with Crippen molar-refractivity contribution in [1.29, 1.82) is 0 Å². The van der Waals surface area contributed by atoms with Gasteiger partial charge in [-0.1, -0.05) is 13.8 Å². The van der Waals surface area contributed by atoms with E-state index in [2.05, 4.69) is 6.92 Å². The van der Waals surface area contributed by atoms with Crippen LogP contribution in [0.5, 0.6) is 0 Å². The molecule has 1 N–H and O–H groups in total. The Labute approximate surface area is 138 Å². The van der Waals surface area contributed by atoms with Crippen molar-refractivity contribution in [3.63, 3.8) is 0 Å². The van der Waals surface area contributed by atoms with Crippen molar-refractivity contribution < 1.29 is 37.5 Å². The summed E-state index contributed by atoms with van der Waals surface area (Å²) < 4.78 is 51.7. The molecular weight excluding hydrogens is 329 g/mol. The minimum absolute atomic E-state index is 0.0363.